The Balaban J connectivity index is 1.33. The van der Waals surface area contributed by atoms with Crippen molar-refractivity contribution in [2.24, 2.45) is 5.92 Å². The molecule has 3 aliphatic rings. The monoisotopic (exact) mass is 333 g/mol. The summed E-state index contributed by atoms with van der Waals surface area (Å²) in [7, 11) is 0. The number of likely N-dealkylation sites (tertiary alicyclic amines) is 1. The Kier molecular flexibility index (Phi) is 4.54. The number of carbonyl (C=O) groups is 1. The molecule has 3 saturated heterocycles. The second-order valence-electron chi connectivity index (χ2n) is 7.47. The fourth-order valence-corrected chi connectivity index (χ4v) is 4.26. The van der Waals surface area contributed by atoms with E-state index >= 15 is 0 Å². The van der Waals surface area contributed by atoms with Crippen molar-refractivity contribution in [3.63, 3.8) is 0 Å². The maximum absolute atomic E-state index is 12.7. The molecule has 4 heterocycles. The van der Waals surface area contributed by atoms with E-state index in [1.165, 1.54) is 12.8 Å². The number of aromatic nitrogens is 3. The van der Waals surface area contributed by atoms with Crippen molar-refractivity contribution in [3.05, 3.63) is 11.9 Å². The lowest BCUT2D eigenvalue weighted by molar-refractivity contribution is -0.0388. The summed E-state index contributed by atoms with van der Waals surface area (Å²) in [6, 6.07) is 0. The van der Waals surface area contributed by atoms with Crippen molar-refractivity contribution in [2.75, 3.05) is 32.8 Å². The number of ether oxygens (including phenoxy) is 1. The average Bonchev–Trinajstić information content (AvgIpc) is 3.26. The smallest absolute Gasteiger partial charge is 0.276 e. The second kappa shape index (κ2) is 6.80. The summed E-state index contributed by atoms with van der Waals surface area (Å²) in [4.78, 5) is 14.6. The normalized spacial score (nSPS) is 26.8. The van der Waals surface area contributed by atoms with E-state index in [2.05, 4.69) is 15.6 Å². The molecular formula is C17H27N5O2. The van der Waals surface area contributed by atoms with Gasteiger partial charge in [0.2, 0.25) is 0 Å². The summed E-state index contributed by atoms with van der Waals surface area (Å²) in [6.45, 7) is 5.37. The van der Waals surface area contributed by atoms with E-state index in [4.69, 9.17) is 4.74 Å². The quantitative estimate of drug-likeness (QED) is 0.896. The molecule has 0 aliphatic carbocycles. The molecule has 0 radical (unpaired) electrons. The van der Waals surface area contributed by atoms with Gasteiger partial charge < -0.3 is 15.0 Å². The molecule has 1 spiro atoms. The predicted octanol–water partition coefficient (Wildman–Crippen LogP) is 1.06. The minimum absolute atomic E-state index is 0.0101. The molecule has 3 aliphatic heterocycles. The standard InChI is InChI=1S/C17H27N5O2/c23-16(21-8-5-17(6-9-21)4-2-10-24-17)15-13-22(20-19-15)12-14-3-1-7-18-11-14/h13-14,18H,1-12H2. The van der Waals surface area contributed by atoms with E-state index in [1.54, 1.807) is 0 Å². The molecule has 0 saturated carbocycles. The molecule has 0 bridgehead atoms. The Hall–Kier alpha value is -1.47. The van der Waals surface area contributed by atoms with Crippen LogP contribution in [-0.4, -0.2) is 64.2 Å². The van der Waals surface area contributed by atoms with E-state index in [0.29, 0.717) is 11.6 Å². The van der Waals surface area contributed by atoms with Gasteiger partial charge in [0.15, 0.2) is 5.69 Å². The van der Waals surface area contributed by atoms with Gasteiger partial charge in [-0.05, 0) is 57.5 Å². The number of nitrogens with zero attached hydrogens (tertiary/aromatic N) is 4. The summed E-state index contributed by atoms with van der Waals surface area (Å²) in [5.41, 5.74) is 0.518. The largest absolute Gasteiger partial charge is 0.375 e. The van der Waals surface area contributed by atoms with Crippen LogP contribution < -0.4 is 5.32 Å². The maximum atomic E-state index is 12.7. The van der Waals surface area contributed by atoms with Crippen molar-refractivity contribution >= 4 is 5.91 Å². The van der Waals surface area contributed by atoms with Crippen LogP contribution in [0.15, 0.2) is 6.20 Å². The van der Waals surface area contributed by atoms with Gasteiger partial charge in [-0.25, -0.2) is 0 Å². The van der Waals surface area contributed by atoms with Gasteiger partial charge in [0.05, 0.1) is 11.8 Å². The molecule has 7 nitrogen and oxygen atoms in total. The third kappa shape index (κ3) is 3.32. The Labute approximate surface area is 142 Å². The van der Waals surface area contributed by atoms with Crippen molar-refractivity contribution in [2.45, 2.75) is 50.7 Å². The number of hydrogen-bond donors (Lipinski definition) is 1. The van der Waals surface area contributed by atoms with Crippen LogP contribution in [0.25, 0.3) is 0 Å². The first kappa shape index (κ1) is 16.0. The zero-order valence-electron chi connectivity index (χ0n) is 14.2. The van der Waals surface area contributed by atoms with E-state index < -0.39 is 0 Å². The number of amides is 1. The summed E-state index contributed by atoms with van der Waals surface area (Å²) in [5.74, 6) is 0.591. The number of rotatable bonds is 3. The van der Waals surface area contributed by atoms with Crippen LogP contribution in [0.3, 0.4) is 0 Å². The second-order valence-corrected chi connectivity index (χ2v) is 7.47. The lowest BCUT2D eigenvalue weighted by atomic mass is 9.88. The molecule has 1 atom stereocenters. The maximum Gasteiger partial charge on any atom is 0.276 e. The molecule has 1 amide bonds. The van der Waals surface area contributed by atoms with Gasteiger partial charge >= 0.3 is 0 Å². The van der Waals surface area contributed by atoms with Crippen LogP contribution in [0.1, 0.15) is 49.0 Å². The Morgan fingerprint density at radius 2 is 2.21 bits per heavy atom. The van der Waals surface area contributed by atoms with Gasteiger partial charge in [0, 0.05) is 26.2 Å². The molecule has 1 N–H and O–H groups in total. The van der Waals surface area contributed by atoms with Crippen LogP contribution in [-0.2, 0) is 11.3 Å². The molecule has 3 fully saturated rings. The predicted molar refractivity (Wildman–Crippen MR) is 88.7 cm³/mol. The van der Waals surface area contributed by atoms with Crippen molar-refractivity contribution in [3.8, 4) is 0 Å². The van der Waals surface area contributed by atoms with Gasteiger partial charge in [-0.3, -0.25) is 9.48 Å². The molecule has 1 aromatic rings. The molecule has 132 valence electrons. The van der Waals surface area contributed by atoms with Crippen molar-refractivity contribution in [1.82, 2.24) is 25.2 Å². The Morgan fingerprint density at radius 1 is 1.33 bits per heavy atom. The van der Waals surface area contributed by atoms with E-state index in [1.807, 2.05) is 15.8 Å². The van der Waals surface area contributed by atoms with E-state index in [-0.39, 0.29) is 11.5 Å². The SMILES string of the molecule is O=C(c1cn(CC2CCCNC2)nn1)N1CCC2(CCCO2)CC1. The first-order valence-electron chi connectivity index (χ1n) is 9.28. The van der Waals surface area contributed by atoms with Gasteiger partial charge in [-0.15, -0.1) is 5.10 Å². The summed E-state index contributed by atoms with van der Waals surface area (Å²) < 4.78 is 7.76. The zero-order valence-corrected chi connectivity index (χ0v) is 14.2. The van der Waals surface area contributed by atoms with Crippen LogP contribution >= 0.6 is 0 Å². The first-order chi connectivity index (χ1) is 11.7. The molecular weight excluding hydrogens is 306 g/mol. The topological polar surface area (TPSA) is 72.3 Å². The van der Waals surface area contributed by atoms with Gasteiger partial charge in [-0.1, -0.05) is 5.21 Å². The van der Waals surface area contributed by atoms with Crippen LogP contribution in [0.5, 0.6) is 0 Å². The highest BCUT2D eigenvalue weighted by Gasteiger charge is 2.39. The first-order valence-corrected chi connectivity index (χ1v) is 9.28. The lowest BCUT2D eigenvalue weighted by Gasteiger charge is -2.38. The van der Waals surface area contributed by atoms with Crippen molar-refractivity contribution in [1.29, 1.82) is 0 Å². The third-order valence-corrected chi connectivity index (χ3v) is 5.75. The van der Waals surface area contributed by atoms with Crippen LogP contribution in [0.4, 0.5) is 0 Å². The highest BCUT2D eigenvalue weighted by Crippen LogP contribution is 2.35. The van der Waals surface area contributed by atoms with Crippen LogP contribution in [0.2, 0.25) is 0 Å². The Morgan fingerprint density at radius 3 is 2.92 bits per heavy atom. The van der Waals surface area contributed by atoms with Crippen molar-refractivity contribution < 1.29 is 9.53 Å². The number of nitrogens with one attached hydrogen (secondary N) is 1. The molecule has 1 unspecified atom stereocenters. The molecule has 24 heavy (non-hydrogen) atoms. The highest BCUT2D eigenvalue weighted by molar-refractivity contribution is 5.92. The fraction of sp³-hybridized carbons (Fsp3) is 0.824. The highest BCUT2D eigenvalue weighted by atomic mass is 16.5. The van der Waals surface area contributed by atoms with Gasteiger partial charge in [-0.2, -0.15) is 0 Å². The molecule has 4 rings (SSSR count). The van der Waals surface area contributed by atoms with Gasteiger partial charge in [0.1, 0.15) is 0 Å². The minimum atomic E-state index is 0.0101. The number of carbonyl (C=O) groups excluding carboxylic acids is 1. The summed E-state index contributed by atoms with van der Waals surface area (Å²) in [6.07, 6.45) is 8.42. The number of hydrogen-bond acceptors (Lipinski definition) is 5. The third-order valence-electron chi connectivity index (χ3n) is 5.75. The zero-order chi connectivity index (χ0) is 16.4. The Bertz CT molecular complexity index is 565. The minimum Gasteiger partial charge on any atom is -0.375 e. The van der Waals surface area contributed by atoms with E-state index in [9.17, 15) is 4.79 Å². The number of piperidine rings is 2. The molecule has 1 aromatic heterocycles. The molecule has 7 heteroatoms. The summed E-state index contributed by atoms with van der Waals surface area (Å²) in [5, 5.41) is 11.7. The lowest BCUT2D eigenvalue weighted by Crippen LogP contribution is -2.46. The van der Waals surface area contributed by atoms with Crippen LogP contribution in [0, 0.1) is 5.92 Å². The average molecular weight is 333 g/mol. The van der Waals surface area contributed by atoms with E-state index in [0.717, 1.165) is 65.0 Å². The van der Waals surface area contributed by atoms with Gasteiger partial charge in [0.25, 0.3) is 5.91 Å². The molecule has 0 aromatic carbocycles. The fourth-order valence-electron chi connectivity index (χ4n) is 4.26. The summed E-state index contributed by atoms with van der Waals surface area (Å²) >= 11 is 0.